The number of hydrogen-bond donors (Lipinski definition) is 4. The van der Waals surface area contributed by atoms with Gasteiger partial charge >= 0.3 is 0 Å². The zero-order valence-corrected chi connectivity index (χ0v) is 12.2. The molecule has 1 aliphatic carbocycles. The Morgan fingerprint density at radius 2 is 1.86 bits per heavy atom. The number of aryl methyl sites for hydroxylation is 1. The maximum Gasteiger partial charge on any atom is 0.251 e. The lowest BCUT2D eigenvalue weighted by Gasteiger charge is -2.19. The number of hydrogen-bond acceptors (Lipinski definition) is 4. The Labute approximate surface area is 123 Å². The summed E-state index contributed by atoms with van der Waals surface area (Å²) in [7, 11) is 1.82. The zero-order chi connectivity index (χ0) is 15.4. The smallest absolute Gasteiger partial charge is 0.251 e. The SMILES string of the molecule is CNC1CC(NC(=O)c2ccc(C)cc2)C(C(=O)NO)C1. The summed E-state index contributed by atoms with van der Waals surface area (Å²) >= 11 is 0. The van der Waals surface area contributed by atoms with Gasteiger partial charge in [-0.25, -0.2) is 5.48 Å². The molecule has 3 unspecified atom stereocenters. The Bertz CT molecular complexity index is 515. The van der Waals surface area contributed by atoms with E-state index in [1.807, 2.05) is 26.1 Å². The highest BCUT2D eigenvalue weighted by Crippen LogP contribution is 2.26. The molecule has 0 aliphatic heterocycles. The van der Waals surface area contributed by atoms with Gasteiger partial charge in [0.15, 0.2) is 0 Å². The molecular formula is C15H21N3O3. The van der Waals surface area contributed by atoms with Gasteiger partial charge in [-0.3, -0.25) is 14.8 Å². The molecule has 2 amide bonds. The lowest BCUT2D eigenvalue weighted by atomic mass is 10.0. The van der Waals surface area contributed by atoms with Crippen molar-refractivity contribution in [1.29, 1.82) is 0 Å². The number of rotatable bonds is 4. The van der Waals surface area contributed by atoms with E-state index in [9.17, 15) is 9.59 Å². The quantitative estimate of drug-likeness (QED) is 0.483. The van der Waals surface area contributed by atoms with Gasteiger partial charge in [-0.2, -0.15) is 0 Å². The van der Waals surface area contributed by atoms with Gasteiger partial charge in [0.05, 0.1) is 5.92 Å². The van der Waals surface area contributed by atoms with Crippen molar-refractivity contribution in [1.82, 2.24) is 16.1 Å². The van der Waals surface area contributed by atoms with Crippen LogP contribution in [0.15, 0.2) is 24.3 Å². The van der Waals surface area contributed by atoms with E-state index in [0.29, 0.717) is 18.4 Å². The van der Waals surface area contributed by atoms with Crippen LogP contribution in [0.25, 0.3) is 0 Å². The van der Waals surface area contributed by atoms with Gasteiger partial charge in [-0.15, -0.1) is 0 Å². The van der Waals surface area contributed by atoms with Gasteiger partial charge in [0, 0.05) is 17.6 Å². The molecule has 1 saturated carbocycles. The van der Waals surface area contributed by atoms with E-state index in [4.69, 9.17) is 5.21 Å². The summed E-state index contributed by atoms with van der Waals surface area (Å²) in [6.07, 6.45) is 1.24. The number of hydroxylamine groups is 1. The monoisotopic (exact) mass is 291 g/mol. The van der Waals surface area contributed by atoms with E-state index < -0.39 is 11.8 Å². The average molecular weight is 291 g/mol. The summed E-state index contributed by atoms with van der Waals surface area (Å²) in [6.45, 7) is 1.96. The zero-order valence-electron chi connectivity index (χ0n) is 12.2. The van der Waals surface area contributed by atoms with Crippen molar-refractivity contribution in [2.24, 2.45) is 5.92 Å². The van der Waals surface area contributed by atoms with E-state index in [0.717, 1.165) is 5.56 Å². The van der Waals surface area contributed by atoms with Crippen molar-refractivity contribution in [3.8, 4) is 0 Å². The van der Waals surface area contributed by atoms with Gasteiger partial charge in [-0.05, 0) is 38.9 Å². The molecule has 0 bridgehead atoms. The summed E-state index contributed by atoms with van der Waals surface area (Å²) in [5, 5.41) is 14.8. The maximum absolute atomic E-state index is 12.2. The van der Waals surface area contributed by atoms with Crippen molar-refractivity contribution >= 4 is 11.8 Å². The molecule has 3 atom stereocenters. The highest BCUT2D eigenvalue weighted by Gasteiger charge is 2.39. The summed E-state index contributed by atoms with van der Waals surface area (Å²) < 4.78 is 0. The number of nitrogens with one attached hydrogen (secondary N) is 3. The van der Waals surface area contributed by atoms with Gasteiger partial charge in [0.1, 0.15) is 0 Å². The number of carbonyl (C=O) groups excluding carboxylic acids is 2. The lowest BCUT2D eigenvalue weighted by Crippen LogP contribution is -2.43. The molecule has 0 saturated heterocycles. The van der Waals surface area contributed by atoms with E-state index >= 15 is 0 Å². The molecule has 2 rings (SSSR count). The molecule has 1 aromatic carbocycles. The largest absolute Gasteiger partial charge is 0.348 e. The predicted octanol–water partition coefficient (Wildman–Crippen LogP) is 0.597. The maximum atomic E-state index is 12.2. The molecule has 1 aromatic rings. The fraction of sp³-hybridized carbons (Fsp3) is 0.467. The highest BCUT2D eigenvalue weighted by molar-refractivity contribution is 5.95. The Hall–Kier alpha value is -1.92. The van der Waals surface area contributed by atoms with Crippen molar-refractivity contribution in [2.75, 3.05) is 7.05 Å². The van der Waals surface area contributed by atoms with Crippen molar-refractivity contribution in [3.05, 3.63) is 35.4 Å². The first-order chi connectivity index (χ1) is 10.0. The number of carbonyl (C=O) groups is 2. The molecule has 6 heteroatoms. The van der Waals surface area contributed by atoms with Gasteiger partial charge in [0.25, 0.3) is 5.91 Å². The van der Waals surface area contributed by atoms with Crippen LogP contribution in [0, 0.1) is 12.8 Å². The molecule has 4 N–H and O–H groups in total. The van der Waals surface area contributed by atoms with E-state index in [2.05, 4.69) is 10.6 Å². The third-order valence-corrected chi connectivity index (χ3v) is 4.05. The van der Waals surface area contributed by atoms with E-state index in [-0.39, 0.29) is 18.0 Å². The Morgan fingerprint density at radius 1 is 1.19 bits per heavy atom. The second-order valence-electron chi connectivity index (χ2n) is 5.49. The minimum Gasteiger partial charge on any atom is -0.348 e. The molecule has 1 fully saturated rings. The second-order valence-corrected chi connectivity index (χ2v) is 5.49. The van der Waals surface area contributed by atoms with Crippen molar-refractivity contribution in [3.63, 3.8) is 0 Å². The van der Waals surface area contributed by atoms with Crippen LogP contribution in [0.5, 0.6) is 0 Å². The second kappa shape index (κ2) is 6.69. The third kappa shape index (κ3) is 3.59. The number of benzene rings is 1. The molecule has 1 aliphatic rings. The topological polar surface area (TPSA) is 90.5 Å². The standard InChI is InChI=1S/C15H21N3O3/c1-9-3-5-10(6-4-9)14(19)17-13-8-11(16-2)7-12(13)15(20)18-21/h3-6,11-13,16,21H,7-8H2,1-2H3,(H,17,19)(H,18,20). The summed E-state index contributed by atoms with van der Waals surface area (Å²) in [5.41, 5.74) is 3.33. The van der Waals surface area contributed by atoms with Crippen molar-refractivity contribution in [2.45, 2.75) is 31.8 Å². The van der Waals surface area contributed by atoms with Gasteiger partial charge < -0.3 is 10.6 Å². The molecule has 0 heterocycles. The Morgan fingerprint density at radius 3 is 2.43 bits per heavy atom. The van der Waals surface area contributed by atoms with Crippen LogP contribution in [0.4, 0.5) is 0 Å². The lowest BCUT2D eigenvalue weighted by molar-refractivity contribution is -0.133. The number of amides is 2. The Kier molecular flexibility index (Phi) is 4.93. The van der Waals surface area contributed by atoms with Crippen LogP contribution in [0.1, 0.15) is 28.8 Å². The molecule has 21 heavy (non-hydrogen) atoms. The van der Waals surface area contributed by atoms with E-state index in [1.54, 1.807) is 17.6 Å². The Balaban J connectivity index is 2.07. The van der Waals surface area contributed by atoms with Crippen LogP contribution in [0.3, 0.4) is 0 Å². The molecule has 0 spiro atoms. The fourth-order valence-electron chi connectivity index (χ4n) is 2.76. The summed E-state index contributed by atoms with van der Waals surface area (Å²) in [4.78, 5) is 23.9. The minimum absolute atomic E-state index is 0.149. The van der Waals surface area contributed by atoms with Crippen LogP contribution in [0.2, 0.25) is 0 Å². The first-order valence-corrected chi connectivity index (χ1v) is 7.04. The fourth-order valence-corrected chi connectivity index (χ4v) is 2.76. The highest BCUT2D eigenvalue weighted by atomic mass is 16.5. The van der Waals surface area contributed by atoms with Crippen LogP contribution in [-0.4, -0.2) is 36.2 Å². The molecular weight excluding hydrogens is 270 g/mol. The van der Waals surface area contributed by atoms with Crippen LogP contribution < -0.4 is 16.1 Å². The van der Waals surface area contributed by atoms with Gasteiger partial charge in [-0.1, -0.05) is 17.7 Å². The summed E-state index contributed by atoms with van der Waals surface area (Å²) in [6, 6.07) is 7.13. The first kappa shape index (κ1) is 15.5. The molecule has 0 aromatic heterocycles. The van der Waals surface area contributed by atoms with E-state index in [1.165, 1.54) is 0 Å². The van der Waals surface area contributed by atoms with Gasteiger partial charge in [0.2, 0.25) is 5.91 Å². The van der Waals surface area contributed by atoms with Crippen LogP contribution in [-0.2, 0) is 4.79 Å². The normalized spacial score (nSPS) is 24.6. The third-order valence-electron chi connectivity index (χ3n) is 4.05. The van der Waals surface area contributed by atoms with Crippen LogP contribution >= 0.6 is 0 Å². The molecule has 0 radical (unpaired) electrons. The van der Waals surface area contributed by atoms with Crippen molar-refractivity contribution < 1.29 is 14.8 Å². The first-order valence-electron chi connectivity index (χ1n) is 7.04. The summed E-state index contributed by atoms with van der Waals surface area (Å²) in [5.74, 6) is -1.09. The minimum atomic E-state index is -0.457. The molecule has 114 valence electrons. The molecule has 6 nitrogen and oxygen atoms in total. The predicted molar refractivity (Wildman–Crippen MR) is 77.9 cm³/mol. The average Bonchev–Trinajstić information content (AvgIpc) is 2.90.